The van der Waals surface area contributed by atoms with Crippen molar-refractivity contribution in [3.05, 3.63) is 38.9 Å². The monoisotopic (exact) mass is 342 g/mol. The number of hydrogen-bond acceptors (Lipinski definition) is 6. The Morgan fingerprint density at radius 2 is 2.26 bits per heavy atom. The Balaban J connectivity index is 1.95. The van der Waals surface area contributed by atoms with E-state index in [2.05, 4.69) is 25.9 Å². The van der Waals surface area contributed by atoms with E-state index in [0.29, 0.717) is 27.8 Å². The molecule has 2 aromatic rings. The largest absolute Gasteiger partial charge is 0.470 e. The smallest absolute Gasteiger partial charge is 0.357 e. The van der Waals surface area contributed by atoms with E-state index >= 15 is 0 Å². The summed E-state index contributed by atoms with van der Waals surface area (Å²) in [5, 5.41) is 2.36. The molecule has 0 aliphatic carbocycles. The van der Waals surface area contributed by atoms with Gasteiger partial charge in [0.2, 0.25) is 5.88 Å². The van der Waals surface area contributed by atoms with Crippen LogP contribution in [0.3, 0.4) is 0 Å². The molecule has 0 N–H and O–H groups in total. The van der Waals surface area contributed by atoms with E-state index in [1.807, 2.05) is 12.1 Å². The highest BCUT2D eigenvalue weighted by molar-refractivity contribution is 9.10. The molecule has 5 nitrogen and oxygen atoms in total. The van der Waals surface area contributed by atoms with E-state index in [0.717, 1.165) is 0 Å². The molecule has 2 heterocycles. The van der Waals surface area contributed by atoms with Crippen LogP contribution in [0.1, 0.15) is 22.4 Å². The number of aromatic nitrogens is 2. The SMILES string of the molecule is CCOC(=O)c1csc(COc2cccc(Br)n2)n1. The summed E-state index contributed by atoms with van der Waals surface area (Å²) >= 11 is 4.61. The van der Waals surface area contributed by atoms with Crippen LogP contribution in [0.25, 0.3) is 0 Å². The third kappa shape index (κ3) is 4.00. The Morgan fingerprint density at radius 3 is 3.00 bits per heavy atom. The highest BCUT2D eigenvalue weighted by atomic mass is 79.9. The molecule has 0 saturated heterocycles. The number of rotatable bonds is 5. The van der Waals surface area contributed by atoms with E-state index in [1.54, 1.807) is 18.4 Å². The van der Waals surface area contributed by atoms with Gasteiger partial charge in [-0.3, -0.25) is 0 Å². The zero-order chi connectivity index (χ0) is 13.7. The molecular formula is C12H11BrN2O3S. The Bertz CT molecular complexity index is 574. The molecule has 0 bridgehead atoms. The molecule has 0 aliphatic rings. The van der Waals surface area contributed by atoms with Crippen LogP contribution >= 0.6 is 27.3 Å². The molecular weight excluding hydrogens is 332 g/mol. The number of halogens is 1. The predicted octanol–water partition coefficient (Wildman–Crippen LogP) is 3.06. The molecule has 0 fully saturated rings. The maximum Gasteiger partial charge on any atom is 0.357 e. The fourth-order valence-corrected chi connectivity index (χ4v) is 2.28. The zero-order valence-corrected chi connectivity index (χ0v) is 12.5. The van der Waals surface area contributed by atoms with Crippen molar-refractivity contribution in [1.82, 2.24) is 9.97 Å². The van der Waals surface area contributed by atoms with Gasteiger partial charge in [-0.1, -0.05) is 6.07 Å². The summed E-state index contributed by atoms with van der Waals surface area (Å²) in [6.07, 6.45) is 0. The standard InChI is InChI=1S/C12H11BrN2O3S/c1-2-17-12(16)8-7-19-11(14-8)6-18-10-5-3-4-9(13)15-10/h3-5,7H,2,6H2,1H3. The molecule has 0 aromatic carbocycles. The van der Waals surface area contributed by atoms with E-state index in [-0.39, 0.29) is 6.61 Å². The van der Waals surface area contributed by atoms with Crippen molar-refractivity contribution in [2.75, 3.05) is 6.61 Å². The van der Waals surface area contributed by atoms with Crippen LogP contribution in [-0.4, -0.2) is 22.5 Å². The summed E-state index contributed by atoms with van der Waals surface area (Å²) in [4.78, 5) is 19.7. The summed E-state index contributed by atoms with van der Waals surface area (Å²) in [6.45, 7) is 2.37. The minimum absolute atomic E-state index is 0.271. The van der Waals surface area contributed by atoms with Gasteiger partial charge in [0.25, 0.3) is 0 Å². The summed E-state index contributed by atoms with van der Waals surface area (Å²) in [6, 6.07) is 5.40. The lowest BCUT2D eigenvalue weighted by Crippen LogP contribution is -2.05. The Kier molecular flexibility index (Phi) is 4.86. The fourth-order valence-electron chi connectivity index (χ4n) is 1.28. The number of carbonyl (C=O) groups excluding carboxylic acids is 1. The highest BCUT2D eigenvalue weighted by Crippen LogP contribution is 2.16. The average Bonchev–Trinajstić information content (AvgIpc) is 2.86. The van der Waals surface area contributed by atoms with Crippen molar-refractivity contribution < 1.29 is 14.3 Å². The lowest BCUT2D eigenvalue weighted by molar-refractivity contribution is 0.0520. The number of thiazole rings is 1. The van der Waals surface area contributed by atoms with Gasteiger partial charge < -0.3 is 9.47 Å². The molecule has 100 valence electrons. The molecule has 0 radical (unpaired) electrons. The lowest BCUT2D eigenvalue weighted by atomic mass is 10.5. The summed E-state index contributed by atoms with van der Waals surface area (Å²) in [7, 11) is 0. The summed E-state index contributed by atoms with van der Waals surface area (Å²) < 4.78 is 11.1. The van der Waals surface area contributed by atoms with Crippen LogP contribution in [0.2, 0.25) is 0 Å². The summed E-state index contributed by atoms with van der Waals surface area (Å²) in [5.74, 6) is 0.0906. The van der Waals surface area contributed by atoms with Crippen molar-refractivity contribution >= 4 is 33.2 Å². The Labute approximate surface area is 122 Å². The molecule has 0 saturated carbocycles. The van der Waals surface area contributed by atoms with E-state index in [4.69, 9.17) is 9.47 Å². The van der Waals surface area contributed by atoms with Gasteiger partial charge in [0.05, 0.1) is 6.61 Å². The maximum atomic E-state index is 11.4. The third-order valence-electron chi connectivity index (χ3n) is 2.07. The number of pyridine rings is 1. The van der Waals surface area contributed by atoms with Crippen molar-refractivity contribution in [3.8, 4) is 5.88 Å². The van der Waals surface area contributed by atoms with Crippen molar-refractivity contribution in [3.63, 3.8) is 0 Å². The average molecular weight is 343 g/mol. The molecule has 0 atom stereocenters. The summed E-state index contributed by atoms with van der Waals surface area (Å²) in [5.41, 5.74) is 0.313. The Morgan fingerprint density at radius 1 is 1.42 bits per heavy atom. The van der Waals surface area contributed by atoms with Gasteiger partial charge in [0.15, 0.2) is 5.69 Å². The van der Waals surface area contributed by atoms with E-state index in [9.17, 15) is 4.79 Å². The second kappa shape index (κ2) is 6.63. The van der Waals surface area contributed by atoms with Crippen molar-refractivity contribution in [1.29, 1.82) is 0 Å². The number of esters is 1. The first kappa shape index (κ1) is 14.0. The molecule has 0 unspecified atom stereocenters. The Hall–Kier alpha value is -1.47. The molecule has 0 spiro atoms. The second-order valence-electron chi connectivity index (χ2n) is 3.43. The maximum absolute atomic E-state index is 11.4. The lowest BCUT2D eigenvalue weighted by Gasteiger charge is -2.02. The fraction of sp³-hybridized carbons (Fsp3) is 0.250. The number of carbonyl (C=O) groups is 1. The van der Waals surface area contributed by atoms with Crippen LogP contribution in [0.5, 0.6) is 5.88 Å². The molecule has 2 rings (SSSR count). The first-order valence-electron chi connectivity index (χ1n) is 5.56. The first-order chi connectivity index (χ1) is 9.19. The molecule has 0 aliphatic heterocycles. The first-order valence-corrected chi connectivity index (χ1v) is 7.23. The second-order valence-corrected chi connectivity index (χ2v) is 5.19. The van der Waals surface area contributed by atoms with Gasteiger partial charge in [-0.05, 0) is 28.9 Å². The van der Waals surface area contributed by atoms with Gasteiger partial charge in [-0.2, -0.15) is 0 Å². The molecule has 19 heavy (non-hydrogen) atoms. The van der Waals surface area contributed by atoms with Crippen LogP contribution < -0.4 is 4.74 Å². The van der Waals surface area contributed by atoms with E-state index < -0.39 is 5.97 Å². The van der Waals surface area contributed by atoms with Crippen LogP contribution in [0, 0.1) is 0 Å². The highest BCUT2D eigenvalue weighted by Gasteiger charge is 2.11. The zero-order valence-electron chi connectivity index (χ0n) is 10.1. The van der Waals surface area contributed by atoms with Crippen molar-refractivity contribution in [2.45, 2.75) is 13.5 Å². The normalized spacial score (nSPS) is 10.2. The topological polar surface area (TPSA) is 61.3 Å². The van der Waals surface area contributed by atoms with Crippen molar-refractivity contribution in [2.24, 2.45) is 0 Å². The molecule has 0 amide bonds. The van der Waals surface area contributed by atoms with Crippen LogP contribution in [0.4, 0.5) is 0 Å². The molecule has 2 aromatic heterocycles. The number of ether oxygens (including phenoxy) is 2. The molecule has 7 heteroatoms. The quantitative estimate of drug-likeness (QED) is 0.617. The van der Waals surface area contributed by atoms with Crippen LogP contribution in [-0.2, 0) is 11.3 Å². The number of nitrogens with zero attached hydrogens (tertiary/aromatic N) is 2. The van der Waals surface area contributed by atoms with Crippen LogP contribution in [0.15, 0.2) is 28.2 Å². The van der Waals surface area contributed by atoms with Gasteiger partial charge >= 0.3 is 5.97 Å². The van der Waals surface area contributed by atoms with Gasteiger partial charge in [-0.15, -0.1) is 11.3 Å². The minimum Gasteiger partial charge on any atom is -0.470 e. The third-order valence-corrected chi connectivity index (χ3v) is 3.33. The van der Waals surface area contributed by atoms with Gasteiger partial charge in [0, 0.05) is 11.4 Å². The van der Waals surface area contributed by atoms with Gasteiger partial charge in [0.1, 0.15) is 16.2 Å². The van der Waals surface area contributed by atoms with Gasteiger partial charge in [-0.25, -0.2) is 14.8 Å². The predicted molar refractivity (Wildman–Crippen MR) is 74.3 cm³/mol. The number of hydrogen-bond donors (Lipinski definition) is 0. The minimum atomic E-state index is -0.411. The van der Waals surface area contributed by atoms with E-state index in [1.165, 1.54) is 11.3 Å².